The summed E-state index contributed by atoms with van der Waals surface area (Å²) < 4.78 is 11.8. The zero-order chi connectivity index (χ0) is 20.4. The summed E-state index contributed by atoms with van der Waals surface area (Å²) in [5.74, 6) is -2.33. The van der Waals surface area contributed by atoms with Crippen LogP contribution in [-0.4, -0.2) is 35.1 Å². The first-order chi connectivity index (χ1) is 13.2. The molecule has 0 radical (unpaired) electrons. The van der Waals surface area contributed by atoms with Gasteiger partial charge in [-0.1, -0.05) is 13.0 Å². The van der Waals surface area contributed by atoms with E-state index >= 15 is 0 Å². The van der Waals surface area contributed by atoms with Crippen LogP contribution in [0.1, 0.15) is 39.2 Å². The molecule has 3 heterocycles. The SMILES string of the molecule is [C-]#[N+]c1ccc(N2C(=O)[C@@H]3[C@H](C2=O)C2(C)C[C@H](OC(C)=O)C3(CC)O2)cc1C. The molecule has 0 aliphatic carbocycles. The van der Waals surface area contributed by atoms with Gasteiger partial charge in [-0.05, 0) is 38.0 Å². The highest BCUT2D eigenvalue weighted by molar-refractivity contribution is 6.23. The van der Waals surface area contributed by atoms with Crippen molar-refractivity contribution < 1.29 is 23.9 Å². The zero-order valence-electron chi connectivity index (χ0n) is 16.3. The van der Waals surface area contributed by atoms with Crippen LogP contribution in [0.5, 0.6) is 0 Å². The van der Waals surface area contributed by atoms with Crippen molar-refractivity contribution in [1.29, 1.82) is 0 Å². The minimum Gasteiger partial charge on any atom is -0.459 e. The van der Waals surface area contributed by atoms with Gasteiger partial charge in [-0.3, -0.25) is 14.4 Å². The Morgan fingerprint density at radius 2 is 2.04 bits per heavy atom. The predicted octanol–water partition coefficient (Wildman–Crippen LogP) is 2.92. The maximum atomic E-state index is 13.4. The normalized spacial score (nSPS) is 35.8. The van der Waals surface area contributed by atoms with Crippen LogP contribution in [0, 0.1) is 25.3 Å². The highest BCUT2D eigenvalue weighted by Crippen LogP contribution is 2.63. The standard InChI is InChI=1S/C21H22N2O5/c1-6-21-15(27-12(3)24)10-20(4,28-21)16-17(21)19(26)23(18(16)25)13-7-8-14(22-5)11(2)9-13/h7-9,15-17H,6,10H2,1-4H3/t15-,16+,17-,20?,21?/m0/s1. The molecule has 2 bridgehead atoms. The third-order valence-electron chi connectivity index (χ3n) is 6.47. The van der Waals surface area contributed by atoms with Crippen molar-refractivity contribution in [3.8, 4) is 0 Å². The van der Waals surface area contributed by atoms with Crippen LogP contribution in [0.15, 0.2) is 18.2 Å². The molecule has 7 nitrogen and oxygen atoms in total. The lowest BCUT2D eigenvalue weighted by atomic mass is 9.66. The lowest BCUT2D eigenvalue weighted by Gasteiger charge is -2.36. The highest BCUT2D eigenvalue weighted by Gasteiger charge is 2.77. The van der Waals surface area contributed by atoms with Gasteiger partial charge in [-0.25, -0.2) is 9.74 Å². The lowest BCUT2D eigenvalue weighted by molar-refractivity contribution is -0.162. The number of esters is 1. The molecular formula is C21H22N2O5. The van der Waals surface area contributed by atoms with E-state index in [2.05, 4.69) is 4.85 Å². The van der Waals surface area contributed by atoms with Gasteiger partial charge in [0.2, 0.25) is 11.8 Å². The number of rotatable bonds is 3. The lowest BCUT2D eigenvalue weighted by Crippen LogP contribution is -2.52. The van der Waals surface area contributed by atoms with Gasteiger partial charge in [0.15, 0.2) is 5.69 Å². The summed E-state index contributed by atoms with van der Waals surface area (Å²) in [5, 5.41) is 0. The molecule has 0 N–H and O–H groups in total. The molecule has 3 saturated heterocycles. The molecule has 1 aromatic carbocycles. The number of aryl methyl sites for hydroxylation is 1. The van der Waals surface area contributed by atoms with Crippen LogP contribution in [0.3, 0.4) is 0 Å². The molecule has 4 rings (SSSR count). The molecule has 3 aliphatic rings. The van der Waals surface area contributed by atoms with Gasteiger partial charge >= 0.3 is 5.97 Å². The van der Waals surface area contributed by atoms with Crippen molar-refractivity contribution in [2.24, 2.45) is 11.8 Å². The summed E-state index contributed by atoms with van der Waals surface area (Å²) in [6.07, 6.45) is 0.304. The molecular weight excluding hydrogens is 360 g/mol. The van der Waals surface area contributed by atoms with E-state index in [0.29, 0.717) is 29.8 Å². The minimum absolute atomic E-state index is 0.288. The van der Waals surface area contributed by atoms with Gasteiger partial charge in [-0.15, -0.1) is 0 Å². The Hall–Kier alpha value is -2.72. The number of anilines is 1. The number of carbonyl (C=O) groups excluding carboxylic acids is 3. The molecule has 28 heavy (non-hydrogen) atoms. The van der Waals surface area contributed by atoms with Crippen molar-refractivity contribution in [2.75, 3.05) is 4.90 Å². The third kappa shape index (κ3) is 2.21. The smallest absolute Gasteiger partial charge is 0.303 e. The first-order valence-corrected chi connectivity index (χ1v) is 9.42. The predicted molar refractivity (Wildman–Crippen MR) is 99.6 cm³/mol. The van der Waals surface area contributed by atoms with Crippen LogP contribution in [0.25, 0.3) is 4.85 Å². The molecule has 1 aromatic rings. The molecule has 5 atom stereocenters. The van der Waals surface area contributed by atoms with Crippen molar-refractivity contribution in [2.45, 2.75) is 57.8 Å². The second-order valence-corrected chi connectivity index (χ2v) is 8.08. The first kappa shape index (κ1) is 18.6. The van der Waals surface area contributed by atoms with Crippen LogP contribution in [0.2, 0.25) is 0 Å². The van der Waals surface area contributed by atoms with E-state index in [1.165, 1.54) is 11.8 Å². The fourth-order valence-electron chi connectivity index (χ4n) is 5.33. The summed E-state index contributed by atoms with van der Waals surface area (Å²) in [5.41, 5.74) is -0.184. The Morgan fingerprint density at radius 3 is 2.61 bits per heavy atom. The van der Waals surface area contributed by atoms with Crippen LogP contribution in [0.4, 0.5) is 11.4 Å². The van der Waals surface area contributed by atoms with Crippen LogP contribution < -0.4 is 4.90 Å². The monoisotopic (exact) mass is 382 g/mol. The van der Waals surface area contributed by atoms with Crippen molar-refractivity contribution in [3.63, 3.8) is 0 Å². The Balaban J connectivity index is 1.77. The van der Waals surface area contributed by atoms with E-state index in [9.17, 15) is 14.4 Å². The van der Waals surface area contributed by atoms with E-state index in [1.54, 1.807) is 25.1 Å². The molecule has 7 heteroatoms. The molecule has 3 aliphatic heterocycles. The maximum Gasteiger partial charge on any atom is 0.303 e. The van der Waals surface area contributed by atoms with E-state index in [1.807, 2.05) is 13.8 Å². The van der Waals surface area contributed by atoms with Gasteiger partial charge in [0.05, 0.1) is 24.0 Å². The highest BCUT2D eigenvalue weighted by atomic mass is 16.6. The number of amides is 2. The topological polar surface area (TPSA) is 77.3 Å². The Kier molecular flexibility index (Phi) is 3.92. The van der Waals surface area contributed by atoms with E-state index < -0.39 is 35.1 Å². The summed E-state index contributed by atoms with van der Waals surface area (Å²) >= 11 is 0. The summed E-state index contributed by atoms with van der Waals surface area (Å²) in [4.78, 5) is 43.0. The van der Waals surface area contributed by atoms with Gasteiger partial charge < -0.3 is 9.47 Å². The molecule has 2 amide bonds. The summed E-state index contributed by atoms with van der Waals surface area (Å²) in [7, 11) is 0. The molecule has 3 fully saturated rings. The van der Waals surface area contributed by atoms with Crippen molar-refractivity contribution in [3.05, 3.63) is 35.2 Å². The number of carbonyl (C=O) groups is 3. The second-order valence-electron chi connectivity index (χ2n) is 8.08. The van der Waals surface area contributed by atoms with E-state index in [-0.39, 0.29) is 11.8 Å². The van der Waals surface area contributed by atoms with Gasteiger partial charge in [0, 0.05) is 19.0 Å². The van der Waals surface area contributed by atoms with Gasteiger partial charge in [0.25, 0.3) is 0 Å². The summed E-state index contributed by atoms with van der Waals surface area (Å²) in [6.45, 7) is 14.0. The molecule has 0 saturated carbocycles. The maximum absolute atomic E-state index is 13.4. The fraction of sp³-hybridized carbons (Fsp3) is 0.524. The van der Waals surface area contributed by atoms with Gasteiger partial charge in [0.1, 0.15) is 11.7 Å². The number of hydrogen-bond acceptors (Lipinski definition) is 5. The second kappa shape index (κ2) is 5.89. The number of benzene rings is 1. The van der Waals surface area contributed by atoms with E-state index in [0.717, 1.165) is 0 Å². The number of fused-ring (bicyclic) bond motifs is 5. The van der Waals surface area contributed by atoms with Crippen molar-refractivity contribution in [1.82, 2.24) is 0 Å². The average molecular weight is 382 g/mol. The zero-order valence-corrected chi connectivity index (χ0v) is 16.3. The van der Waals surface area contributed by atoms with Gasteiger partial charge in [-0.2, -0.15) is 0 Å². The van der Waals surface area contributed by atoms with Crippen LogP contribution in [-0.2, 0) is 23.9 Å². The van der Waals surface area contributed by atoms with Crippen molar-refractivity contribution >= 4 is 29.2 Å². The Labute approximate surface area is 163 Å². The van der Waals surface area contributed by atoms with E-state index in [4.69, 9.17) is 16.0 Å². The number of nitrogens with zero attached hydrogens (tertiary/aromatic N) is 2. The Morgan fingerprint density at radius 1 is 1.36 bits per heavy atom. The third-order valence-corrected chi connectivity index (χ3v) is 6.47. The molecule has 2 unspecified atom stereocenters. The first-order valence-electron chi connectivity index (χ1n) is 9.42. The minimum atomic E-state index is -0.988. The number of ether oxygens (including phenoxy) is 2. The fourth-order valence-corrected chi connectivity index (χ4v) is 5.33. The summed E-state index contributed by atoms with van der Waals surface area (Å²) in [6, 6.07) is 4.94. The molecule has 0 spiro atoms. The quantitative estimate of drug-likeness (QED) is 0.456. The molecule has 146 valence electrons. The Bertz CT molecular complexity index is 951. The average Bonchev–Trinajstić information content (AvgIpc) is 3.17. The molecule has 0 aromatic heterocycles. The number of hydrogen-bond donors (Lipinski definition) is 0. The largest absolute Gasteiger partial charge is 0.459 e. The number of imide groups is 1. The van der Waals surface area contributed by atoms with Crippen LogP contribution >= 0.6 is 0 Å².